The number of hydrogen-bond donors (Lipinski definition) is 2. The summed E-state index contributed by atoms with van der Waals surface area (Å²) in [6.07, 6.45) is 0. The average molecular weight is 271 g/mol. The van der Waals surface area contributed by atoms with Gasteiger partial charge in [-0.05, 0) is 24.6 Å². The van der Waals surface area contributed by atoms with Crippen molar-refractivity contribution < 1.29 is 18.5 Å². The Morgan fingerprint density at radius 2 is 2.28 bits per heavy atom. The lowest BCUT2D eigenvalue weighted by atomic mass is 10.0. The van der Waals surface area contributed by atoms with Crippen LogP contribution >= 0.6 is 0 Å². The number of carboxylic acid groups (broad SMARTS) is 1. The number of benzene rings is 1. The molecule has 1 aromatic carbocycles. The first-order valence-corrected chi connectivity index (χ1v) is 6.98. The van der Waals surface area contributed by atoms with Gasteiger partial charge in [0.15, 0.2) is 0 Å². The van der Waals surface area contributed by atoms with Crippen molar-refractivity contribution in [2.45, 2.75) is 24.3 Å². The molecule has 2 rings (SSSR count). The maximum absolute atomic E-state index is 13.2. The lowest BCUT2D eigenvalue weighted by Gasteiger charge is -2.33. The summed E-state index contributed by atoms with van der Waals surface area (Å²) >= 11 is 0. The number of carboxylic acids is 1. The van der Waals surface area contributed by atoms with E-state index in [9.17, 15) is 13.4 Å². The van der Waals surface area contributed by atoms with Gasteiger partial charge in [0.2, 0.25) is 0 Å². The molecule has 0 radical (unpaired) electrons. The lowest BCUT2D eigenvalue weighted by molar-refractivity contribution is -0.139. The van der Waals surface area contributed by atoms with E-state index < -0.39 is 28.9 Å². The van der Waals surface area contributed by atoms with Crippen LogP contribution in [-0.4, -0.2) is 32.3 Å². The Bertz CT molecular complexity index is 494. The molecule has 98 valence electrons. The monoisotopic (exact) mass is 271 g/mol. The molecular formula is C12H14FNO3S. The Morgan fingerprint density at radius 1 is 1.56 bits per heavy atom. The second-order valence-electron chi connectivity index (χ2n) is 4.34. The van der Waals surface area contributed by atoms with E-state index in [-0.39, 0.29) is 16.8 Å². The van der Waals surface area contributed by atoms with Crippen LogP contribution in [0.1, 0.15) is 18.5 Å². The molecule has 4 unspecified atom stereocenters. The van der Waals surface area contributed by atoms with Crippen LogP contribution in [0.4, 0.5) is 4.39 Å². The number of hydrogen-bond acceptors (Lipinski definition) is 3. The molecule has 1 aromatic rings. The summed E-state index contributed by atoms with van der Waals surface area (Å²) in [5, 5.41) is 11.7. The van der Waals surface area contributed by atoms with Crippen molar-refractivity contribution in [3.8, 4) is 0 Å². The Balaban J connectivity index is 2.30. The third-order valence-electron chi connectivity index (χ3n) is 3.10. The van der Waals surface area contributed by atoms with E-state index in [1.54, 1.807) is 19.1 Å². The third kappa shape index (κ3) is 2.59. The number of nitrogens with one attached hydrogen (secondary N) is 1. The molecule has 0 aliphatic carbocycles. The Morgan fingerprint density at radius 3 is 2.89 bits per heavy atom. The molecule has 0 spiro atoms. The summed E-state index contributed by atoms with van der Waals surface area (Å²) in [6, 6.07) is 4.68. The molecule has 0 amide bonds. The molecule has 0 bridgehead atoms. The summed E-state index contributed by atoms with van der Waals surface area (Å²) in [5.41, 5.74) is 0.627. The fraction of sp³-hybridized carbons (Fsp3) is 0.417. The van der Waals surface area contributed by atoms with Crippen LogP contribution in [0.25, 0.3) is 0 Å². The average Bonchev–Trinajstić information content (AvgIpc) is 2.32. The van der Waals surface area contributed by atoms with Crippen LogP contribution in [0.2, 0.25) is 0 Å². The SMILES string of the molecule is CC1C(c2cccc(F)c2)NC(C(=O)O)CS1=O. The highest BCUT2D eigenvalue weighted by atomic mass is 32.2. The quantitative estimate of drug-likeness (QED) is 0.844. The van der Waals surface area contributed by atoms with Gasteiger partial charge in [-0.2, -0.15) is 0 Å². The van der Waals surface area contributed by atoms with Crippen molar-refractivity contribution in [2.24, 2.45) is 0 Å². The molecule has 18 heavy (non-hydrogen) atoms. The van der Waals surface area contributed by atoms with Gasteiger partial charge in [0.25, 0.3) is 0 Å². The van der Waals surface area contributed by atoms with Crippen LogP contribution in [0.15, 0.2) is 24.3 Å². The summed E-state index contributed by atoms with van der Waals surface area (Å²) in [7, 11) is -1.24. The highest BCUT2D eigenvalue weighted by Crippen LogP contribution is 2.26. The van der Waals surface area contributed by atoms with Crippen molar-refractivity contribution in [1.29, 1.82) is 0 Å². The fourth-order valence-electron chi connectivity index (χ4n) is 2.08. The molecule has 4 nitrogen and oxygen atoms in total. The van der Waals surface area contributed by atoms with E-state index in [2.05, 4.69) is 5.32 Å². The van der Waals surface area contributed by atoms with Gasteiger partial charge in [0.1, 0.15) is 11.9 Å². The fourth-order valence-corrected chi connectivity index (χ4v) is 3.49. The zero-order valence-corrected chi connectivity index (χ0v) is 10.6. The van der Waals surface area contributed by atoms with E-state index in [0.29, 0.717) is 5.56 Å². The molecule has 0 saturated carbocycles. The Hall–Kier alpha value is -1.27. The van der Waals surface area contributed by atoms with Crippen LogP contribution in [-0.2, 0) is 15.6 Å². The smallest absolute Gasteiger partial charge is 0.321 e. The number of halogens is 1. The Labute approximate surface area is 107 Å². The van der Waals surface area contributed by atoms with E-state index >= 15 is 0 Å². The van der Waals surface area contributed by atoms with Gasteiger partial charge in [0.05, 0.1) is 5.25 Å². The lowest BCUT2D eigenvalue weighted by Crippen LogP contribution is -2.52. The third-order valence-corrected chi connectivity index (χ3v) is 4.87. The van der Waals surface area contributed by atoms with Gasteiger partial charge < -0.3 is 5.11 Å². The minimum absolute atomic E-state index is 0.0856. The van der Waals surface area contributed by atoms with Crippen LogP contribution in [0, 0.1) is 5.82 Å². The van der Waals surface area contributed by atoms with E-state index in [4.69, 9.17) is 5.11 Å². The molecule has 1 saturated heterocycles. The predicted octanol–water partition coefficient (Wildman–Crippen LogP) is 1.06. The molecule has 1 aliphatic rings. The summed E-state index contributed by atoms with van der Waals surface area (Å²) < 4.78 is 25.1. The van der Waals surface area contributed by atoms with Gasteiger partial charge in [-0.25, -0.2) is 4.39 Å². The Kier molecular flexibility index (Phi) is 3.77. The summed E-state index contributed by atoms with van der Waals surface area (Å²) in [5.74, 6) is -1.33. The van der Waals surface area contributed by atoms with E-state index in [1.807, 2.05) is 0 Å². The summed E-state index contributed by atoms with van der Waals surface area (Å²) in [4.78, 5) is 11.0. The van der Waals surface area contributed by atoms with Gasteiger partial charge in [0, 0.05) is 22.6 Å². The predicted molar refractivity (Wildman–Crippen MR) is 66.2 cm³/mol. The first kappa shape index (κ1) is 13.2. The highest BCUT2D eigenvalue weighted by Gasteiger charge is 2.36. The zero-order valence-electron chi connectivity index (χ0n) is 9.80. The van der Waals surface area contributed by atoms with Crippen molar-refractivity contribution in [1.82, 2.24) is 5.32 Å². The van der Waals surface area contributed by atoms with Gasteiger partial charge in [-0.3, -0.25) is 14.3 Å². The van der Waals surface area contributed by atoms with E-state index in [1.165, 1.54) is 12.1 Å². The first-order valence-electron chi connectivity index (χ1n) is 5.60. The molecule has 6 heteroatoms. The number of carbonyl (C=O) groups is 1. The largest absolute Gasteiger partial charge is 0.480 e. The molecule has 4 atom stereocenters. The molecular weight excluding hydrogens is 257 g/mol. The van der Waals surface area contributed by atoms with Crippen molar-refractivity contribution >= 4 is 16.8 Å². The zero-order chi connectivity index (χ0) is 13.3. The minimum Gasteiger partial charge on any atom is -0.480 e. The molecule has 1 aliphatic heterocycles. The topological polar surface area (TPSA) is 66.4 Å². The maximum Gasteiger partial charge on any atom is 0.321 e. The van der Waals surface area contributed by atoms with Gasteiger partial charge >= 0.3 is 5.97 Å². The van der Waals surface area contributed by atoms with Crippen LogP contribution in [0.3, 0.4) is 0 Å². The van der Waals surface area contributed by atoms with Crippen LogP contribution in [0.5, 0.6) is 0 Å². The highest BCUT2D eigenvalue weighted by molar-refractivity contribution is 7.85. The van der Waals surface area contributed by atoms with Crippen LogP contribution < -0.4 is 5.32 Å². The maximum atomic E-state index is 13.2. The second kappa shape index (κ2) is 5.16. The first-order chi connectivity index (χ1) is 8.49. The van der Waals surface area contributed by atoms with E-state index in [0.717, 1.165) is 0 Å². The molecule has 1 heterocycles. The second-order valence-corrected chi connectivity index (χ2v) is 6.18. The molecule has 2 N–H and O–H groups in total. The number of aliphatic carboxylic acids is 1. The van der Waals surface area contributed by atoms with Crippen molar-refractivity contribution in [3.05, 3.63) is 35.6 Å². The summed E-state index contributed by atoms with van der Waals surface area (Å²) in [6.45, 7) is 1.77. The standard InChI is InChI=1S/C12H14FNO3S/c1-7-11(8-3-2-4-9(13)5-8)14-10(12(15)16)6-18(7)17/h2-5,7,10-11,14H,6H2,1H3,(H,15,16). The van der Waals surface area contributed by atoms with Crippen molar-refractivity contribution in [3.63, 3.8) is 0 Å². The number of rotatable bonds is 2. The van der Waals surface area contributed by atoms with Crippen molar-refractivity contribution in [2.75, 3.05) is 5.75 Å². The minimum atomic E-state index is -1.24. The van der Waals surface area contributed by atoms with Gasteiger partial charge in [-0.15, -0.1) is 0 Å². The molecule has 0 aromatic heterocycles. The molecule has 1 fully saturated rings. The van der Waals surface area contributed by atoms with Gasteiger partial charge in [-0.1, -0.05) is 12.1 Å². The normalized spacial score (nSPS) is 32.1.